The zero-order chi connectivity index (χ0) is 24.9. The average Bonchev–Trinajstić information content (AvgIpc) is 3.24. The molecular weight excluding hydrogens is 489 g/mol. The molecule has 184 valence electrons. The number of aromatic nitrogens is 2. The third-order valence-corrected chi connectivity index (χ3v) is 6.45. The number of ether oxygens (including phenoxy) is 3. The van der Waals surface area contributed by atoms with Gasteiger partial charge in [0.1, 0.15) is 16.8 Å². The van der Waals surface area contributed by atoms with Gasteiger partial charge in [0, 0.05) is 6.20 Å². The van der Waals surface area contributed by atoms with E-state index >= 15 is 0 Å². The van der Waals surface area contributed by atoms with Crippen molar-refractivity contribution >= 4 is 25.1 Å². The van der Waals surface area contributed by atoms with Gasteiger partial charge in [0.2, 0.25) is 0 Å². The molecule has 0 aliphatic carbocycles. The van der Waals surface area contributed by atoms with Crippen LogP contribution in [0, 0.1) is 0 Å². The molecule has 0 saturated carbocycles. The van der Waals surface area contributed by atoms with Crippen molar-refractivity contribution in [2.45, 2.75) is 45.4 Å². The highest BCUT2D eigenvalue weighted by molar-refractivity contribution is 7.57. The van der Waals surface area contributed by atoms with Gasteiger partial charge in [-0.05, 0) is 45.1 Å². The molecule has 0 spiro atoms. The van der Waals surface area contributed by atoms with Gasteiger partial charge in [0.25, 0.3) is 5.56 Å². The summed E-state index contributed by atoms with van der Waals surface area (Å²) in [5.41, 5.74) is -1.44. The third-order valence-electron chi connectivity index (χ3n) is 4.41. The first-order valence-corrected chi connectivity index (χ1v) is 12.5. The highest BCUT2D eigenvalue weighted by Crippen LogP contribution is 2.44. The number of para-hydroxylation sites is 1. The van der Waals surface area contributed by atoms with Gasteiger partial charge in [-0.1, -0.05) is 29.8 Å². The van der Waals surface area contributed by atoms with E-state index in [-0.39, 0.29) is 11.1 Å². The molecule has 0 saturated heterocycles. The van der Waals surface area contributed by atoms with Crippen molar-refractivity contribution in [1.29, 1.82) is 0 Å². The van der Waals surface area contributed by atoms with E-state index in [1.165, 1.54) is 19.1 Å². The Morgan fingerprint density at radius 1 is 1.24 bits per heavy atom. The minimum Gasteiger partial charge on any atom is -0.462 e. The summed E-state index contributed by atoms with van der Waals surface area (Å²) in [7, 11) is -3.79. The summed E-state index contributed by atoms with van der Waals surface area (Å²) in [5, 5.41) is 2.49. The van der Waals surface area contributed by atoms with Crippen LogP contribution in [0.4, 0.5) is 0 Å². The van der Waals surface area contributed by atoms with Gasteiger partial charge in [-0.3, -0.25) is 23.7 Å². The lowest BCUT2D eigenvalue weighted by molar-refractivity contribution is -0.149. The first-order valence-electron chi connectivity index (χ1n) is 10.3. The summed E-state index contributed by atoms with van der Waals surface area (Å²) in [6.45, 7) is 4.91. The second-order valence-electron chi connectivity index (χ2n) is 7.63. The van der Waals surface area contributed by atoms with E-state index in [4.69, 9.17) is 30.3 Å². The molecule has 2 heterocycles. The predicted octanol–water partition coefficient (Wildman–Crippen LogP) is 2.78. The van der Waals surface area contributed by atoms with E-state index in [1.54, 1.807) is 44.2 Å². The Bertz CT molecular complexity index is 1200. The summed E-state index contributed by atoms with van der Waals surface area (Å²) in [4.78, 5) is 37.8. The fourth-order valence-electron chi connectivity index (χ4n) is 2.91. The van der Waals surface area contributed by atoms with Crippen molar-refractivity contribution in [1.82, 2.24) is 14.6 Å². The largest absolute Gasteiger partial charge is 0.462 e. The van der Waals surface area contributed by atoms with Crippen LogP contribution in [0.15, 0.2) is 58.3 Å². The SMILES string of the molecule is CC(C)OC(=O)[C@H](C)NP(=O)(CO[C@@H]1C=C[C@H](n2cc(Cl)c(=O)[nH]c2=O)O1)Oc1ccccc1. The highest BCUT2D eigenvalue weighted by Gasteiger charge is 2.33. The van der Waals surface area contributed by atoms with E-state index in [1.807, 2.05) is 0 Å². The van der Waals surface area contributed by atoms with Gasteiger partial charge in [-0.15, -0.1) is 0 Å². The molecule has 4 atom stereocenters. The first-order chi connectivity index (χ1) is 16.1. The average molecular weight is 514 g/mol. The van der Waals surface area contributed by atoms with Crippen molar-refractivity contribution in [2.24, 2.45) is 0 Å². The van der Waals surface area contributed by atoms with Gasteiger partial charge < -0.3 is 18.7 Å². The van der Waals surface area contributed by atoms with E-state index in [2.05, 4.69) is 10.1 Å². The van der Waals surface area contributed by atoms with Crippen LogP contribution < -0.4 is 20.9 Å². The number of halogens is 1. The number of aromatic amines is 1. The van der Waals surface area contributed by atoms with E-state index < -0.39 is 49.6 Å². The van der Waals surface area contributed by atoms with E-state index in [9.17, 15) is 18.9 Å². The zero-order valence-corrected chi connectivity index (χ0v) is 20.3. The van der Waals surface area contributed by atoms with Crippen molar-refractivity contribution in [3.8, 4) is 5.75 Å². The maximum atomic E-state index is 13.6. The molecule has 34 heavy (non-hydrogen) atoms. The topological polar surface area (TPSA) is 138 Å². The Labute approximate surface area is 200 Å². The first kappa shape index (κ1) is 25.9. The molecule has 1 aliphatic heterocycles. The number of H-pyrrole nitrogens is 1. The van der Waals surface area contributed by atoms with E-state index in [0.717, 1.165) is 10.8 Å². The number of nitrogens with one attached hydrogen (secondary N) is 2. The molecule has 0 bridgehead atoms. The molecule has 13 heteroatoms. The molecule has 2 N–H and O–H groups in total. The van der Waals surface area contributed by atoms with Crippen LogP contribution in [0.3, 0.4) is 0 Å². The number of hydrogen-bond donors (Lipinski definition) is 2. The molecule has 2 aromatic rings. The molecule has 11 nitrogen and oxygen atoms in total. The van der Waals surface area contributed by atoms with Crippen molar-refractivity contribution in [2.75, 3.05) is 6.35 Å². The lowest BCUT2D eigenvalue weighted by Gasteiger charge is -2.25. The highest BCUT2D eigenvalue weighted by atomic mass is 35.5. The Kier molecular flexibility index (Phi) is 8.51. The standard InChI is InChI=1S/C21H25ClN3O8P/c1-13(2)31-20(27)14(3)24-34(29,33-15-7-5-4-6-8-15)12-30-18-10-9-17(32-18)25-11-16(22)19(26)23-21(25)28/h4-11,13-14,17-18H,12H2,1-3H3,(H,24,29)(H,23,26,28)/t14-,17+,18-,34?/m0/s1. The van der Waals surface area contributed by atoms with Crippen LogP contribution in [0.1, 0.15) is 27.0 Å². The fraction of sp³-hybridized carbons (Fsp3) is 0.381. The number of benzene rings is 1. The van der Waals surface area contributed by atoms with Crippen molar-refractivity contribution in [3.05, 3.63) is 74.5 Å². The maximum absolute atomic E-state index is 13.6. The fourth-order valence-corrected chi connectivity index (χ4v) is 4.75. The Balaban J connectivity index is 1.69. The number of carbonyl (C=O) groups is 1. The second-order valence-corrected chi connectivity index (χ2v) is 10.1. The molecule has 1 aliphatic rings. The van der Waals surface area contributed by atoms with Gasteiger partial charge in [-0.2, -0.15) is 0 Å². The molecule has 1 aromatic carbocycles. The Morgan fingerprint density at radius 2 is 1.94 bits per heavy atom. The van der Waals surface area contributed by atoms with Gasteiger partial charge in [0.05, 0.1) is 6.10 Å². The number of hydrogen-bond acceptors (Lipinski definition) is 8. The minimum atomic E-state index is -3.79. The molecule has 1 unspecified atom stereocenters. The van der Waals surface area contributed by atoms with Gasteiger partial charge >= 0.3 is 19.2 Å². The van der Waals surface area contributed by atoms with Crippen molar-refractivity contribution < 1.29 is 28.1 Å². The van der Waals surface area contributed by atoms with Crippen LogP contribution in [0.5, 0.6) is 5.75 Å². The normalized spacial score (nSPS) is 20.1. The minimum absolute atomic E-state index is 0.187. The van der Waals surface area contributed by atoms with Crippen LogP contribution in [0.25, 0.3) is 0 Å². The third kappa shape index (κ3) is 6.91. The summed E-state index contributed by atoms with van der Waals surface area (Å²) >= 11 is 5.79. The quantitative estimate of drug-likeness (QED) is 0.279. The number of rotatable bonds is 10. The van der Waals surface area contributed by atoms with Crippen LogP contribution in [0.2, 0.25) is 5.02 Å². The molecule has 0 radical (unpaired) electrons. The summed E-state index contributed by atoms with van der Waals surface area (Å²) in [6, 6.07) is 7.45. The maximum Gasteiger partial charge on any atom is 0.342 e. The van der Waals surface area contributed by atoms with Gasteiger partial charge in [-0.25, -0.2) is 9.88 Å². The summed E-state index contributed by atoms with van der Waals surface area (Å²) in [6.07, 6.45) is 1.45. The van der Waals surface area contributed by atoms with E-state index in [0.29, 0.717) is 5.75 Å². The Hall–Kier alpha value is -2.69. The number of esters is 1. The molecule has 1 aromatic heterocycles. The Morgan fingerprint density at radius 3 is 2.62 bits per heavy atom. The predicted molar refractivity (Wildman–Crippen MR) is 124 cm³/mol. The zero-order valence-electron chi connectivity index (χ0n) is 18.7. The van der Waals surface area contributed by atoms with Crippen molar-refractivity contribution in [3.63, 3.8) is 0 Å². The summed E-state index contributed by atoms with van der Waals surface area (Å²) in [5.74, 6) is -0.292. The van der Waals surface area contributed by atoms with Crippen LogP contribution in [-0.4, -0.2) is 40.3 Å². The monoisotopic (exact) mass is 513 g/mol. The second kappa shape index (κ2) is 11.2. The van der Waals surface area contributed by atoms with Crippen LogP contribution >= 0.6 is 19.1 Å². The molecule has 0 fully saturated rings. The molecule has 3 rings (SSSR count). The smallest absolute Gasteiger partial charge is 0.342 e. The molecular formula is C21H25ClN3O8P. The molecule has 0 amide bonds. The van der Waals surface area contributed by atoms with Gasteiger partial charge in [0.15, 0.2) is 18.9 Å². The lowest BCUT2D eigenvalue weighted by atomic mass is 10.3. The lowest BCUT2D eigenvalue weighted by Crippen LogP contribution is -2.37. The van der Waals surface area contributed by atoms with Crippen LogP contribution in [-0.2, 0) is 23.6 Å². The number of nitrogens with zero attached hydrogens (tertiary/aromatic N) is 1. The number of carbonyl (C=O) groups excluding carboxylic acids is 1. The summed E-state index contributed by atoms with van der Waals surface area (Å²) < 4.78 is 36.7.